The molecule has 3 rings (SSSR count). The highest BCUT2D eigenvalue weighted by atomic mass is 32.2. The van der Waals surface area contributed by atoms with Gasteiger partial charge in [0.05, 0.1) is 16.2 Å². The molecule has 0 aliphatic carbocycles. The number of pyridine rings is 1. The summed E-state index contributed by atoms with van der Waals surface area (Å²) in [6, 6.07) is 1.76. The van der Waals surface area contributed by atoms with E-state index in [1.165, 1.54) is 30.0 Å². The molecule has 0 spiro atoms. The summed E-state index contributed by atoms with van der Waals surface area (Å²) in [4.78, 5) is 23.3. The summed E-state index contributed by atoms with van der Waals surface area (Å²) in [6.45, 7) is 1.38. The Morgan fingerprint density at radius 3 is 2.42 bits per heavy atom. The van der Waals surface area contributed by atoms with E-state index >= 15 is 0 Å². The number of carbonyl (C=O) groups is 1. The third kappa shape index (κ3) is 4.90. The number of amides is 1. The van der Waals surface area contributed by atoms with E-state index in [2.05, 4.69) is 19.3 Å². The van der Waals surface area contributed by atoms with Gasteiger partial charge >= 0.3 is 6.18 Å². The van der Waals surface area contributed by atoms with Gasteiger partial charge in [-0.2, -0.15) is 17.5 Å². The minimum absolute atomic E-state index is 0.0288. The van der Waals surface area contributed by atoms with Gasteiger partial charge in [-0.05, 0) is 6.07 Å². The van der Waals surface area contributed by atoms with Crippen LogP contribution in [0.5, 0.6) is 0 Å². The van der Waals surface area contributed by atoms with Crippen LogP contribution in [-0.4, -0.2) is 56.2 Å². The number of carbonyl (C=O) groups excluding carboxylic acids is 1. The molecule has 0 unspecified atom stereocenters. The minimum Gasteiger partial charge on any atom is -0.290 e. The van der Waals surface area contributed by atoms with Gasteiger partial charge in [-0.1, -0.05) is 6.92 Å². The molecule has 0 bridgehead atoms. The molecule has 0 saturated carbocycles. The fourth-order valence-corrected chi connectivity index (χ4v) is 4.13. The van der Waals surface area contributed by atoms with Gasteiger partial charge in [0, 0.05) is 40.7 Å². The van der Waals surface area contributed by atoms with Crippen LogP contribution in [0.1, 0.15) is 23.0 Å². The number of sulfone groups is 1. The van der Waals surface area contributed by atoms with Gasteiger partial charge in [-0.25, -0.2) is 22.6 Å². The van der Waals surface area contributed by atoms with Crippen molar-refractivity contribution in [2.24, 2.45) is 4.36 Å². The van der Waals surface area contributed by atoms with Crippen molar-refractivity contribution in [2.75, 3.05) is 18.3 Å². The lowest BCUT2D eigenvalue weighted by atomic mass is 10.2. The highest BCUT2D eigenvalue weighted by Crippen LogP contribution is 2.30. The molecular weight excluding hydrogens is 459 g/mol. The second-order valence-electron chi connectivity index (χ2n) is 6.72. The number of alkyl halides is 3. The number of fused-ring (bicyclic) bond motifs is 1. The Labute approximate surface area is 175 Å². The number of nitrogens with zero attached hydrogens (tertiary/aromatic N) is 5. The summed E-state index contributed by atoms with van der Waals surface area (Å²) >= 11 is 0. The average molecular weight is 475 g/mol. The number of aromatic nitrogens is 4. The van der Waals surface area contributed by atoms with Crippen LogP contribution in [0.2, 0.25) is 0 Å². The molecule has 0 atom stereocenters. The fourth-order valence-electron chi connectivity index (χ4n) is 2.56. The largest absolute Gasteiger partial charge is 0.433 e. The molecule has 3 aromatic heterocycles. The van der Waals surface area contributed by atoms with E-state index in [1.807, 2.05) is 0 Å². The Bertz CT molecular complexity index is 1410. The molecule has 14 heteroatoms. The van der Waals surface area contributed by atoms with Gasteiger partial charge in [0.1, 0.15) is 29.1 Å². The number of hydrogen-bond acceptors (Lipinski definition) is 7. The van der Waals surface area contributed by atoms with Gasteiger partial charge < -0.3 is 0 Å². The number of halogens is 3. The van der Waals surface area contributed by atoms with Crippen molar-refractivity contribution in [1.82, 2.24) is 19.4 Å². The first-order valence-corrected chi connectivity index (χ1v) is 12.6. The molecule has 3 aromatic rings. The summed E-state index contributed by atoms with van der Waals surface area (Å²) < 4.78 is 80.4. The van der Waals surface area contributed by atoms with Crippen LogP contribution in [0.4, 0.5) is 13.2 Å². The van der Waals surface area contributed by atoms with Gasteiger partial charge in [0.2, 0.25) is 0 Å². The Balaban J connectivity index is 2.21. The standard InChI is InChI=1S/C17H16F3N5O4S2/c1-4-31(28,29)12-5-10(16(26)24-30(2,3)27)7-21-15(12)11-8-25-9-22-13(17(18,19)20)6-14(25)23-11/h5-9H,4H2,1-3H3. The van der Waals surface area contributed by atoms with E-state index in [1.54, 1.807) is 0 Å². The summed E-state index contributed by atoms with van der Waals surface area (Å²) in [7, 11) is -6.71. The van der Waals surface area contributed by atoms with Crippen molar-refractivity contribution in [3.63, 3.8) is 0 Å². The van der Waals surface area contributed by atoms with Crippen molar-refractivity contribution in [1.29, 1.82) is 0 Å². The first kappa shape index (κ1) is 22.8. The zero-order chi connectivity index (χ0) is 23.2. The molecule has 0 saturated heterocycles. The van der Waals surface area contributed by atoms with Crippen LogP contribution in [0.15, 0.2) is 40.1 Å². The van der Waals surface area contributed by atoms with E-state index in [0.717, 1.165) is 18.6 Å². The first-order chi connectivity index (χ1) is 14.2. The van der Waals surface area contributed by atoms with Crippen LogP contribution >= 0.6 is 0 Å². The predicted octanol–water partition coefficient (Wildman–Crippen LogP) is 2.47. The van der Waals surface area contributed by atoms with Crippen molar-refractivity contribution in [3.05, 3.63) is 42.1 Å². The third-order valence-corrected chi connectivity index (χ3v) is 6.35. The molecule has 3 heterocycles. The second kappa shape index (κ2) is 7.67. The zero-order valence-electron chi connectivity index (χ0n) is 16.4. The van der Waals surface area contributed by atoms with Crippen molar-refractivity contribution in [3.8, 4) is 11.4 Å². The van der Waals surface area contributed by atoms with E-state index < -0.39 is 37.3 Å². The molecule has 1 amide bonds. The Kier molecular flexibility index (Phi) is 5.65. The first-order valence-electron chi connectivity index (χ1n) is 8.58. The molecule has 9 nitrogen and oxygen atoms in total. The van der Waals surface area contributed by atoms with E-state index in [4.69, 9.17) is 0 Å². The number of hydrogen-bond donors (Lipinski definition) is 0. The maximum Gasteiger partial charge on any atom is 0.433 e. The predicted molar refractivity (Wildman–Crippen MR) is 106 cm³/mol. The molecule has 31 heavy (non-hydrogen) atoms. The van der Waals surface area contributed by atoms with Crippen molar-refractivity contribution in [2.45, 2.75) is 18.0 Å². The lowest BCUT2D eigenvalue weighted by Crippen LogP contribution is -2.10. The summed E-state index contributed by atoms with van der Waals surface area (Å²) in [5, 5.41) is 0. The molecule has 166 valence electrons. The summed E-state index contributed by atoms with van der Waals surface area (Å²) in [5.74, 6) is -1.24. The smallest absolute Gasteiger partial charge is 0.290 e. The lowest BCUT2D eigenvalue weighted by molar-refractivity contribution is -0.141. The van der Waals surface area contributed by atoms with Crippen molar-refractivity contribution < 1.29 is 30.6 Å². The molecule has 0 fully saturated rings. The third-order valence-electron chi connectivity index (χ3n) is 4.00. The highest BCUT2D eigenvalue weighted by Gasteiger charge is 2.33. The van der Waals surface area contributed by atoms with Crippen LogP contribution in [-0.2, 0) is 25.7 Å². The minimum atomic E-state index is -4.67. The van der Waals surface area contributed by atoms with E-state index in [9.17, 15) is 30.6 Å². The number of rotatable bonds is 4. The van der Waals surface area contributed by atoms with Crippen LogP contribution in [0.3, 0.4) is 0 Å². The molecule has 0 aliphatic rings. The Hall–Kier alpha value is -2.87. The Morgan fingerprint density at radius 2 is 1.84 bits per heavy atom. The second-order valence-corrected chi connectivity index (χ2v) is 11.5. The Morgan fingerprint density at radius 1 is 1.16 bits per heavy atom. The normalized spacial score (nSPS) is 12.8. The monoisotopic (exact) mass is 475 g/mol. The molecule has 0 aromatic carbocycles. The van der Waals surface area contributed by atoms with Gasteiger partial charge in [0.15, 0.2) is 9.84 Å². The number of imidazole rings is 1. The van der Waals surface area contributed by atoms with Gasteiger partial charge in [0.25, 0.3) is 5.91 Å². The molecule has 0 N–H and O–H groups in total. The van der Waals surface area contributed by atoms with Crippen LogP contribution in [0.25, 0.3) is 17.0 Å². The van der Waals surface area contributed by atoms with Crippen LogP contribution in [0, 0.1) is 0 Å². The molecule has 0 aliphatic heterocycles. The molecular formula is C17H16F3N5O4S2. The summed E-state index contributed by atoms with van der Waals surface area (Å²) in [5.41, 5.74) is -1.65. The van der Waals surface area contributed by atoms with Crippen molar-refractivity contribution >= 4 is 31.1 Å². The quantitative estimate of drug-likeness (QED) is 0.568. The zero-order valence-corrected chi connectivity index (χ0v) is 18.0. The maximum atomic E-state index is 12.9. The van der Waals surface area contributed by atoms with Gasteiger partial charge in [-0.3, -0.25) is 14.2 Å². The fraction of sp³-hybridized carbons (Fsp3) is 0.294. The summed E-state index contributed by atoms with van der Waals surface area (Å²) in [6.07, 6.45) is 1.04. The SMILES string of the molecule is CCS(=O)(=O)c1cc(C(=O)N=S(C)(C)=O)cnc1-c1cn2cnc(C(F)(F)F)cc2n1. The van der Waals surface area contributed by atoms with Crippen LogP contribution < -0.4 is 0 Å². The average Bonchev–Trinajstić information content (AvgIpc) is 3.08. The maximum absolute atomic E-state index is 12.9. The lowest BCUT2D eigenvalue weighted by Gasteiger charge is -2.08. The topological polar surface area (TPSA) is 124 Å². The highest BCUT2D eigenvalue weighted by molar-refractivity contribution is 7.92. The van der Waals surface area contributed by atoms with E-state index in [0.29, 0.717) is 6.07 Å². The van der Waals surface area contributed by atoms with Gasteiger partial charge in [-0.15, -0.1) is 0 Å². The molecule has 0 radical (unpaired) electrons. The van der Waals surface area contributed by atoms with E-state index in [-0.39, 0.29) is 33.2 Å².